The molecule has 4 rings (SSSR count). The Hall–Kier alpha value is -1.86. The average molecular weight is 318 g/mol. The zero-order valence-corrected chi connectivity index (χ0v) is 13.0. The van der Waals surface area contributed by atoms with Crippen molar-refractivity contribution >= 4 is 15.9 Å². The molecule has 0 aliphatic carbocycles. The van der Waals surface area contributed by atoms with Crippen LogP contribution in [-0.4, -0.2) is 37.0 Å². The molecule has 0 saturated carbocycles. The fourth-order valence-corrected chi connectivity index (χ4v) is 5.05. The van der Waals surface area contributed by atoms with E-state index in [2.05, 4.69) is 16.4 Å². The third kappa shape index (κ3) is 1.89. The first-order valence-electron chi connectivity index (χ1n) is 7.45. The normalized spacial score (nSPS) is 20.3. The molecule has 0 unspecified atom stereocenters. The maximum Gasteiger partial charge on any atom is 0.331 e. The molecule has 116 valence electrons. The number of nitrogens with one attached hydrogen (secondary N) is 1. The topological polar surface area (TPSA) is 67.2 Å². The third-order valence-electron chi connectivity index (χ3n) is 4.78. The van der Waals surface area contributed by atoms with E-state index >= 15 is 0 Å². The number of para-hydroxylation sites is 1. The zero-order chi connectivity index (χ0) is 15.2. The van der Waals surface area contributed by atoms with Crippen molar-refractivity contribution in [2.45, 2.75) is 18.3 Å². The van der Waals surface area contributed by atoms with E-state index in [1.165, 1.54) is 27.0 Å². The van der Waals surface area contributed by atoms with Gasteiger partial charge in [-0.05, 0) is 37.6 Å². The summed E-state index contributed by atoms with van der Waals surface area (Å²) in [5, 5.41) is 3.36. The molecule has 1 saturated heterocycles. The van der Waals surface area contributed by atoms with Crippen LogP contribution in [0.4, 0.5) is 5.69 Å². The molecule has 1 aromatic carbocycles. The Morgan fingerprint density at radius 2 is 1.95 bits per heavy atom. The minimum absolute atomic E-state index is 0.0739. The highest BCUT2D eigenvalue weighted by Gasteiger charge is 2.47. The molecule has 22 heavy (non-hydrogen) atoms. The quantitative estimate of drug-likeness (QED) is 0.901. The second-order valence-corrected chi connectivity index (χ2v) is 7.71. The van der Waals surface area contributed by atoms with Crippen LogP contribution in [0.15, 0.2) is 43.0 Å². The smallest absolute Gasteiger partial charge is 0.317 e. The van der Waals surface area contributed by atoms with Crippen molar-refractivity contribution in [3.63, 3.8) is 0 Å². The van der Waals surface area contributed by atoms with Crippen molar-refractivity contribution in [1.82, 2.24) is 14.3 Å². The molecule has 1 aromatic heterocycles. The van der Waals surface area contributed by atoms with Gasteiger partial charge >= 0.3 is 10.2 Å². The summed E-state index contributed by atoms with van der Waals surface area (Å²) in [7, 11) is -3.62. The monoisotopic (exact) mass is 318 g/mol. The van der Waals surface area contributed by atoms with Crippen LogP contribution < -0.4 is 9.62 Å². The Bertz CT molecular complexity index is 780. The van der Waals surface area contributed by atoms with Gasteiger partial charge in [-0.1, -0.05) is 18.2 Å². The van der Waals surface area contributed by atoms with E-state index < -0.39 is 10.2 Å². The molecule has 6 nitrogen and oxygen atoms in total. The largest absolute Gasteiger partial charge is 0.331 e. The Kier molecular flexibility index (Phi) is 3.02. The number of piperidine rings is 1. The summed E-state index contributed by atoms with van der Waals surface area (Å²) in [5.74, 6) is 0. The van der Waals surface area contributed by atoms with Crippen LogP contribution in [0.3, 0.4) is 0 Å². The van der Waals surface area contributed by atoms with E-state index in [9.17, 15) is 8.42 Å². The zero-order valence-electron chi connectivity index (χ0n) is 12.1. The summed E-state index contributed by atoms with van der Waals surface area (Å²) in [4.78, 5) is 3.87. The molecule has 0 radical (unpaired) electrons. The predicted molar refractivity (Wildman–Crippen MR) is 84.1 cm³/mol. The van der Waals surface area contributed by atoms with E-state index in [-0.39, 0.29) is 5.41 Å². The van der Waals surface area contributed by atoms with Crippen molar-refractivity contribution in [1.29, 1.82) is 0 Å². The highest BCUT2D eigenvalue weighted by Crippen LogP contribution is 2.47. The van der Waals surface area contributed by atoms with Gasteiger partial charge in [-0.2, -0.15) is 8.42 Å². The molecule has 0 bridgehead atoms. The van der Waals surface area contributed by atoms with Gasteiger partial charge in [0, 0.05) is 24.4 Å². The molecular formula is C15H18N4O2S. The first-order valence-corrected chi connectivity index (χ1v) is 8.85. The first kappa shape index (κ1) is 13.8. The van der Waals surface area contributed by atoms with Crippen LogP contribution >= 0.6 is 0 Å². The fraction of sp³-hybridized carbons (Fsp3) is 0.400. The van der Waals surface area contributed by atoms with E-state index in [0.29, 0.717) is 6.54 Å². The SMILES string of the molecule is O=S(=O)(N1CC2(CCNCC2)c2ccccc21)n1ccnc1. The second kappa shape index (κ2) is 4.82. The number of fused-ring (bicyclic) bond motifs is 2. The molecule has 1 N–H and O–H groups in total. The number of rotatable bonds is 2. The summed E-state index contributed by atoms with van der Waals surface area (Å²) >= 11 is 0. The molecular weight excluding hydrogens is 300 g/mol. The van der Waals surface area contributed by atoms with Crippen molar-refractivity contribution in [2.75, 3.05) is 23.9 Å². The van der Waals surface area contributed by atoms with E-state index in [4.69, 9.17) is 0 Å². The standard InChI is InChI=1S/C15H18N4O2S/c20-22(21,18-10-9-17-12-18)19-11-15(5-7-16-8-6-15)13-3-1-2-4-14(13)19/h1-4,9-10,12,16H,5-8,11H2. The molecule has 2 aliphatic rings. The molecule has 2 aliphatic heterocycles. The van der Waals surface area contributed by atoms with Gasteiger partial charge < -0.3 is 5.32 Å². The summed E-state index contributed by atoms with van der Waals surface area (Å²) in [5.41, 5.74) is 1.88. The number of hydrogen-bond donors (Lipinski definition) is 1. The molecule has 0 atom stereocenters. The summed E-state index contributed by atoms with van der Waals surface area (Å²) < 4.78 is 28.6. The lowest BCUT2D eigenvalue weighted by Crippen LogP contribution is -2.45. The number of nitrogens with zero attached hydrogens (tertiary/aromatic N) is 3. The van der Waals surface area contributed by atoms with Crippen LogP contribution in [0.25, 0.3) is 0 Å². The number of benzene rings is 1. The molecule has 1 spiro atoms. The molecule has 7 heteroatoms. The lowest BCUT2D eigenvalue weighted by molar-refractivity contribution is 0.330. The van der Waals surface area contributed by atoms with Crippen LogP contribution in [0.1, 0.15) is 18.4 Å². The number of hydrogen-bond acceptors (Lipinski definition) is 4. The maximum absolute atomic E-state index is 12.9. The fourth-order valence-electron chi connectivity index (χ4n) is 3.62. The van der Waals surface area contributed by atoms with Crippen molar-refractivity contribution in [3.05, 3.63) is 48.5 Å². The highest BCUT2D eigenvalue weighted by atomic mass is 32.2. The van der Waals surface area contributed by atoms with Crippen LogP contribution in [0.2, 0.25) is 0 Å². The van der Waals surface area contributed by atoms with Gasteiger partial charge in [0.2, 0.25) is 0 Å². The third-order valence-corrected chi connectivity index (χ3v) is 6.41. The van der Waals surface area contributed by atoms with E-state index in [1.807, 2.05) is 18.2 Å². The molecule has 0 amide bonds. The van der Waals surface area contributed by atoms with Gasteiger partial charge in [-0.15, -0.1) is 0 Å². The maximum atomic E-state index is 12.9. The van der Waals surface area contributed by atoms with Crippen LogP contribution in [-0.2, 0) is 15.6 Å². The average Bonchev–Trinajstić information content (AvgIpc) is 3.17. The summed E-state index contributed by atoms with van der Waals surface area (Å²) in [6.07, 6.45) is 6.22. The van der Waals surface area contributed by atoms with Crippen molar-refractivity contribution in [2.24, 2.45) is 0 Å². The molecule has 1 fully saturated rings. The number of imidazole rings is 1. The lowest BCUT2D eigenvalue weighted by Gasteiger charge is -2.34. The van der Waals surface area contributed by atoms with Gasteiger partial charge in [-0.25, -0.2) is 8.96 Å². The second-order valence-electron chi connectivity index (χ2n) is 5.95. The van der Waals surface area contributed by atoms with Gasteiger partial charge in [0.25, 0.3) is 0 Å². The minimum Gasteiger partial charge on any atom is -0.317 e. The minimum atomic E-state index is -3.62. The highest BCUT2D eigenvalue weighted by molar-refractivity contribution is 7.91. The molecule has 3 heterocycles. The van der Waals surface area contributed by atoms with Gasteiger partial charge in [0.1, 0.15) is 6.33 Å². The first-order chi connectivity index (χ1) is 10.6. The van der Waals surface area contributed by atoms with Crippen LogP contribution in [0.5, 0.6) is 0 Å². The van der Waals surface area contributed by atoms with Gasteiger partial charge in [0.15, 0.2) is 0 Å². The number of aromatic nitrogens is 2. The number of anilines is 1. The van der Waals surface area contributed by atoms with Gasteiger partial charge in [-0.3, -0.25) is 4.31 Å². The summed E-state index contributed by atoms with van der Waals surface area (Å²) in [6, 6.07) is 7.87. The van der Waals surface area contributed by atoms with Crippen LogP contribution in [0, 0.1) is 0 Å². The van der Waals surface area contributed by atoms with Gasteiger partial charge in [0.05, 0.1) is 5.69 Å². The van der Waals surface area contributed by atoms with Crippen molar-refractivity contribution in [3.8, 4) is 0 Å². The Morgan fingerprint density at radius 1 is 1.18 bits per heavy atom. The Labute approximate surface area is 130 Å². The summed E-state index contributed by atoms with van der Waals surface area (Å²) in [6.45, 7) is 2.36. The molecule has 2 aromatic rings. The van der Waals surface area contributed by atoms with E-state index in [0.717, 1.165) is 37.2 Å². The Morgan fingerprint density at radius 3 is 2.68 bits per heavy atom. The lowest BCUT2D eigenvalue weighted by atomic mass is 9.75. The Balaban J connectivity index is 1.83. The van der Waals surface area contributed by atoms with E-state index in [1.54, 1.807) is 0 Å². The van der Waals surface area contributed by atoms with Crippen molar-refractivity contribution < 1.29 is 8.42 Å². The predicted octanol–water partition coefficient (Wildman–Crippen LogP) is 1.12.